The topological polar surface area (TPSA) is 30.9 Å². The quantitative estimate of drug-likeness (QED) is 0.830. The maximum atomic E-state index is 6.21. The van der Waals surface area contributed by atoms with Crippen LogP contribution < -0.4 is 5.73 Å². The van der Waals surface area contributed by atoms with Gasteiger partial charge in [-0.25, -0.2) is 0 Å². The molecule has 80 valence electrons. The fourth-order valence-electron chi connectivity index (χ4n) is 1.95. The zero-order chi connectivity index (χ0) is 11.0. The molecule has 1 unspecified atom stereocenters. The third-order valence-corrected chi connectivity index (χ3v) is 3.03. The van der Waals surface area contributed by atoms with Crippen molar-refractivity contribution in [3.05, 3.63) is 35.0 Å². The van der Waals surface area contributed by atoms with Crippen molar-refractivity contribution < 1.29 is 0 Å². The highest BCUT2D eigenvalue weighted by molar-refractivity contribution is 6.35. The number of aromatic nitrogens is 1. The summed E-state index contributed by atoms with van der Waals surface area (Å²) >= 11 is 6.21. The van der Waals surface area contributed by atoms with Gasteiger partial charge in [-0.15, -0.1) is 0 Å². The number of rotatable bonds is 2. The lowest BCUT2D eigenvalue weighted by molar-refractivity contribution is 0.770. The maximum absolute atomic E-state index is 6.21. The normalized spacial score (nSPS) is 13.3. The highest BCUT2D eigenvalue weighted by Gasteiger charge is 2.12. The number of fused-ring (bicyclic) bond motifs is 1. The molecule has 0 saturated carbocycles. The SMILES string of the molecule is CCn1cc(C(C)N)c2c(Cl)cccc21. The molecule has 1 aromatic carbocycles. The van der Waals surface area contributed by atoms with E-state index >= 15 is 0 Å². The molecule has 1 aromatic heterocycles. The van der Waals surface area contributed by atoms with Crippen LogP contribution in [0.5, 0.6) is 0 Å². The van der Waals surface area contributed by atoms with Crippen LogP contribution in [0.1, 0.15) is 25.5 Å². The molecule has 0 aliphatic heterocycles. The van der Waals surface area contributed by atoms with Crippen molar-refractivity contribution in [3.8, 4) is 0 Å². The molecule has 2 N–H and O–H groups in total. The zero-order valence-electron chi connectivity index (χ0n) is 9.00. The summed E-state index contributed by atoms with van der Waals surface area (Å²) in [4.78, 5) is 0. The second-order valence-electron chi connectivity index (χ2n) is 3.79. The smallest absolute Gasteiger partial charge is 0.0503 e. The Hall–Kier alpha value is -0.990. The Labute approximate surface area is 94.6 Å². The summed E-state index contributed by atoms with van der Waals surface area (Å²) < 4.78 is 2.18. The standard InChI is InChI=1S/C12H15ClN2/c1-3-15-7-9(8(2)14)12-10(13)5-4-6-11(12)15/h4-8H,3,14H2,1-2H3. The first-order valence-corrected chi connectivity index (χ1v) is 5.55. The van der Waals surface area contributed by atoms with E-state index in [1.807, 2.05) is 19.1 Å². The molecule has 0 amide bonds. The van der Waals surface area contributed by atoms with E-state index < -0.39 is 0 Å². The van der Waals surface area contributed by atoms with E-state index in [-0.39, 0.29) is 6.04 Å². The van der Waals surface area contributed by atoms with Crippen molar-refractivity contribution in [3.63, 3.8) is 0 Å². The van der Waals surface area contributed by atoms with Crippen LogP contribution in [0.25, 0.3) is 10.9 Å². The van der Waals surface area contributed by atoms with Gasteiger partial charge in [-0.1, -0.05) is 17.7 Å². The summed E-state index contributed by atoms with van der Waals surface area (Å²) in [5, 5.41) is 1.88. The van der Waals surface area contributed by atoms with Gasteiger partial charge in [0, 0.05) is 29.7 Å². The van der Waals surface area contributed by atoms with Crippen LogP contribution in [-0.2, 0) is 6.54 Å². The largest absolute Gasteiger partial charge is 0.347 e. The Kier molecular flexibility index (Phi) is 2.72. The summed E-state index contributed by atoms with van der Waals surface area (Å²) in [7, 11) is 0. The second kappa shape index (κ2) is 3.87. The molecule has 0 spiro atoms. The molecule has 2 aromatic rings. The van der Waals surface area contributed by atoms with Gasteiger partial charge >= 0.3 is 0 Å². The number of hydrogen-bond acceptors (Lipinski definition) is 1. The van der Waals surface area contributed by atoms with Crippen molar-refractivity contribution >= 4 is 22.5 Å². The minimum atomic E-state index is 0.0141. The molecule has 1 atom stereocenters. The fraction of sp³-hybridized carbons (Fsp3) is 0.333. The molecule has 0 aliphatic carbocycles. The molecule has 0 radical (unpaired) electrons. The number of halogens is 1. The van der Waals surface area contributed by atoms with Crippen LogP contribution >= 0.6 is 11.6 Å². The van der Waals surface area contributed by atoms with E-state index in [4.69, 9.17) is 17.3 Å². The molecule has 0 fully saturated rings. The summed E-state index contributed by atoms with van der Waals surface area (Å²) in [6.07, 6.45) is 2.10. The van der Waals surface area contributed by atoms with E-state index in [0.29, 0.717) is 0 Å². The predicted octanol–water partition coefficient (Wildman–Crippen LogP) is 3.33. The van der Waals surface area contributed by atoms with Crippen molar-refractivity contribution in [1.82, 2.24) is 4.57 Å². The number of hydrogen-bond donors (Lipinski definition) is 1. The Morgan fingerprint density at radius 3 is 2.80 bits per heavy atom. The van der Waals surface area contributed by atoms with Gasteiger partial charge in [-0.3, -0.25) is 0 Å². The molecular weight excluding hydrogens is 208 g/mol. The Morgan fingerprint density at radius 1 is 1.47 bits per heavy atom. The van der Waals surface area contributed by atoms with Gasteiger partial charge < -0.3 is 10.3 Å². The molecule has 0 aliphatic rings. The molecular formula is C12H15ClN2. The summed E-state index contributed by atoms with van der Waals surface area (Å²) in [6.45, 7) is 5.03. The van der Waals surface area contributed by atoms with Crippen LogP contribution in [0.15, 0.2) is 24.4 Å². The van der Waals surface area contributed by atoms with E-state index in [9.17, 15) is 0 Å². The van der Waals surface area contributed by atoms with E-state index in [0.717, 1.165) is 28.0 Å². The van der Waals surface area contributed by atoms with Gasteiger partial charge in [-0.2, -0.15) is 0 Å². The monoisotopic (exact) mass is 222 g/mol. The summed E-state index contributed by atoms with van der Waals surface area (Å²) in [5.41, 5.74) is 8.23. The summed E-state index contributed by atoms with van der Waals surface area (Å²) in [6, 6.07) is 5.98. The predicted molar refractivity (Wildman–Crippen MR) is 65.2 cm³/mol. The first-order valence-electron chi connectivity index (χ1n) is 5.18. The van der Waals surface area contributed by atoms with Gasteiger partial charge in [0.2, 0.25) is 0 Å². The molecule has 2 nitrogen and oxygen atoms in total. The minimum Gasteiger partial charge on any atom is -0.347 e. The summed E-state index contributed by atoms with van der Waals surface area (Å²) in [5.74, 6) is 0. The Balaban J connectivity index is 2.82. The van der Waals surface area contributed by atoms with E-state index in [2.05, 4.69) is 23.8 Å². The molecule has 1 heterocycles. The van der Waals surface area contributed by atoms with Crippen molar-refractivity contribution in [1.29, 1.82) is 0 Å². The number of aryl methyl sites for hydroxylation is 1. The Morgan fingerprint density at radius 2 is 2.20 bits per heavy atom. The lowest BCUT2D eigenvalue weighted by atomic mass is 10.1. The van der Waals surface area contributed by atoms with Gasteiger partial charge in [0.25, 0.3) is 0 Å². The highest BCUT2D eigenvalue weighted by atomic mass is 35.5. The molecule has 3 heteroatoms. The zero-order valence-corrected chi connectivity index (χ0v) is 9.75. The van der Waals surface area contributed by atoms with Gasteiger partial charge in [0.05, 0.1) is 5.02 Å². The first kappa shape index (κ1) is 10.5. The first-order chi connectivity index (χ1) is 7.15. The minimum absolute atomic E-state index is 0.0141. The second-order valence-corrected chi connectivity index (χ2v) is 4.20. The highest BCUT2D eigenvalue weighted by Crippen LogP contribution is 2.31. The number of benzene rings is 1. The molecule has 15 heavy (non-hydrogen) atoms. The lowest BCUT2D eigenvalue weighted by Gasteiger charge is -2.03. The van der Waals surface area contributed by atoms with Gasteiger partial charge in [0.1, 0.15) is 0 Å². The fourth-order valence-corrected chi connectivity index (χ4v) is 2.23. The van der Waals surface area contributed by atoms with Gasteiger partial charge in [0.15, 0.2) is 0 Å². The van der Waals surface area contributed by atoms with Crippen LogP contribution in [0.2, 0.25) is 5.02 Å². The molecule has 2 rings (SSSR count). The maximum Gasteiger partial charge on any atom is 0.0503 e. The van der Waals surface area contributed by atoms with Crippen molar-refractivity contribution in [2.24, 2.45) is 5.73 Å². The van der Waals surface area contributed by atoms with Crippen LogP contribution in [0.4, 0.5) is 0 Å². The number of nitrogens with two attached hydrogens (primary N) is 1. The van der Waals surface area contributed by atoms with Crippen LogP contribution in [0, 0.1) is 0 Å². The number of nitrogens with zero attached hydrogens (tertiary/aromatic N) is 1. The lowest BCUT2D eigenvalue weighted by Crippen LogP contribution is -2.04. The van der Waals surface area contributed by atoms with Crippen molar-refractivity contribution in [2.45, 2.75) is 26.4 Å². The Bertz CT molecular complexity index is 486. The van der Waals surface area contributed by atoms with E-state index in [1.54, 1.807) is 0 Å². The third kappa shape index (κ3) is 1.64. The van der Waals surface area contributed by atoms with Crippen LogP contribution in [-0.4, -0.2) is 4.57 Å². The molecule has 0 bridgehead atoms. The molecule has 0 saturated heterocycles. The van der Waals surface area contributed by atoms with Gasteiger partial charge in [-0.05, 0) is 31.5 Å². The average Bonchev–Trinajstić information content (AvgIpc) is 2.58. The third-order valence-electron chi connectivity index (χ3n) is 2.72. The van der Waals surface area contributed by atoms with Crippen molar-refractivity contribution in [2.75, 3.05) is 0 Å². The van der Waals surface area contributed by atoms with Crippen LogP contribution in [0.3, 0.4) is 0 Å². The average molecular weight is 223 g/mol. The van der Waals surface area contributed by atoms with E-state index in [1.165, 1.54) is 0 Å².